The van der Waals surface area contributed by atoms with E-state index in [1.54, 1.807) is 6.07 Å². The molecule has 0 aliphatic carbocycles. The Hall–Kier alpha value is -1.74. The SMILES string of the molecule is N#Cc1ccc(OC2COC2)c(C(F)(F)F)c1. The van der Waals surface area contributed by atoms with E-state index in [-0.39, 0.29) is 30.6 Å². The minimum atomic E-state index is -4.53. The van der Waals surface area contributed by atoms with Gasteiger partial charge in [0.15, 0.2) is 0 Å². The van der Waals surface area contributed by atoms with Crippen LogP contribution in [0.5, 0.6) is 5.75 Å². The van der Waals surface area contributed by atoms with Gasteiger partial charge in [-0.05, 0) is 18.2 Å². The molecule has 0 atom stereocenters. The number of hydrogen-bond acceptors (Lipinski definition) is 3. The summed E-state index contributed by atoms with van der Waals surface area (Å²) in [6, 6.07) is 4.92. The molecule has 1 saturated heterocycles. The number of nitriles is 1. The lowest BCUT2D eigenvalue weighted by Crippen LogP contribution is -2.39. The van der Waals surface area contributed by atoms with Crippen LogP contribution in [0.1, 0.15) is 11.1 Å². The van der Waals surface area contributed by atoms with Crippen LogP contribution in [-0.4, -0.2) is 19.3 Å². The molecule has 0 radical (unpaired) electrons. The maximum atomic E-state index is 12.7. The summed E-state index contributed by atoms with van der Waals surface area (Å²) in [4.78, 5) is 0. The number of nitrogens with zero attached hydrogens (tertiary/aromatic N) is 1. The molecular weight excluding hydrogens is 235 g/mol. The van der Waals surface area contributed by atoms with Crippen molar-refractivity contribution in [3.63, 3.8) is 0 Å². The Bertz CT molecular complexity index is 461. The van der Waals surface area contributed by atoms with Crippen molar-refractivity contribution in [1.29, 1.82) is 5.26 Å². The van der Waals surface area contributed by atoms with Gasteiger partial charge in [0.05, 0.1) is 30.4 Å². The van der Waals surface area contributed by atoms with Crippen molar-refractivity contribution in [2.45, 2.75) is 12.3 Å². The molecule has 1 aromatic carbocycles. The summed E-state index contributed by atoms with van der Waals surface area (Å²) in [6.07, 6.45) is -4.88. The second kappa shape index (κ2) is 4.26. The Morgan fingerprint density at radius 2 is 2.06 bits per heavy atom. The molecule has 1 aliphatic rings. The summed E-state index contributed by atoms with van der Waals surface area (Å²) in [5.74, 6) is -0.259. The van der Waals surface area contributed by atoms with E-state index in [0.29, 0.717) is 0 Å². The van der Waals surface area contributed by atoms with Gasteiger partial charge < -0.3 is 9.47 Å². The number of halogens is 3. The second-order valence-electron chi connectivity index (χ2n) is 3.60. The van der Waals surface area contributed by atoms with Crippen molar-refractivity contribution >= 4 is 0 Å². The average molecular weight is 243 g/mol. The highest BCUT2D eigenvalue weighted by molar-refractivity contribution is 5.43. The zero-order valence-corrected chi connectivity index (χ0v) is 8.62. The molecule has 0 saturated carbocycles. The van der Waals surface area contributed by atoms with Gasteiger partial charge in [-0.1, -0.05) is 0 Å². The quantitative estimate of drug-likeness (QED) is 0.800. The van der Waals surface area contributed by atoms with Crippen LogP contribution in [0.25, 0.3) is 0 Å². The topological polar surface area (TPSA) is 42.2 Å². The first kappa shape index (κ1) is 11.7. The highest BCUT2D eigenvalue weighted by Crippen LogP contribution is 2.37. The van der Waals surface area contributed by atoms with Crippen LogP contribution in [-0.2, 0) is 10.9 Å². The Morgan fingerprint density at radius 1 is 1.35 bits per heavy atom. The molecule has 1 aliphatic heterocycles. The third-order valence-corrected chi connectivity index (χ3v) is 2.32. The minimum absolute atomic E-state index is 0.0467. The van der Waals surface area contributed by atoms with Crippen molar-refractivity contribution < 1.29 is 22.6 Å². The number of hydrogen-bond donors (Lipinski definition) is 0. The molecule has 3 nitrogen and oxygen atoms in total. The third-order valence-electron chi connectivity index (χ3n) is 2.32. The number of rotatable bonds is 2. The Labute approximate surface area is 95.4 Å². The molecule has 0 spiro atoms. The maximum Gasteiger partial charge on any atom is 0.420 e. The van der Waals surface area contributed by atoms with Gasteiger partial charge in [-0.3, -0.25) is 0 Å². The summed E-state index contributed by atoms with van der Waals surface area (Å²) in [6.45, 7) is 0.578. The molecule has 90 valence electrons. The molecule has 0 aromatic heterocycles. The van der Waals surface area contributed by atoms with Crippen molar-refractivity contribution in [1.82, 2.24) is 0 Å². The molecular formula is C11H8F3NO2. The molecule has 2 rings (SSSR count). The van der Waals surface area contributed by atoms with Gasteiger partial charge in [-0.2, -0.15) is 18.4 Å². The highest BCUT2D eigenvalue weighted by Gasteiger charge is 2.36. The molecule has 6 heteroatoms. The highest BCUT2D eigenvalue weighted by atomic mass is 19.4. The van der Waals surface area contributed by atoms with E-state index in [9.17, 15) is 13.2 Å². The van der Waals surface area contributed by atoms with Crippen LogP contribution in [0.3, 0.4) is 0 Å². The van der Waals surface area contributed by atoms with Crippen molar-refractivity contribution in [2.24, 2.45) is 0 Å². The molecule has 0 bridgehead atoms. The van der Waals surface area contributed by atoms with Gasteiger partial charge in [0, 0.05) is 0 Å². The zero-order valence-electron chi connectivity index (χ0n) is 8.62. The Kier molecular flexibility index (Phi) is 2.94. The molecule has 1 aromatic rings. The van der Waals surface area contributed by atoms with Crippen LogP contribution in [0.2, 0.25) is 0 Å². The van der Waals surface area contributed by atoms with Gasteiger partial charge in [-0.25, -0.2) is 0 Å². The van der Waals surface area contributed by atoms with Gasteiger partial charge in [0.2, 0.25) is 0 Å². The molecule has 0 amide bonds. The Balaban J connectivity index is 2.33. The zero-order chi connectivity index (χ0) is 12.5. The Morgan fingerprint density at radius 3 is 2.53 bits per heavy atom. The van der Waals surface area contributed by atoms with E-state index < -0.39 is 11.7 Å². The van der Waals surface area contributed by atoms with Crippen LogP contribution < -0.4 is 4.74 Å². The minimum Gasteiger partial charge on any atom is -0.485 e. The lowest BCUT2D eigenvalue weighted by Gasteiger charge is -2.28. The van der Waals surface area contributed by atoms with Crippen molar-refractivity contribution in [3.05, 3.63) is 29.3 Å². The first-order valence-corrected chi connectivity index (χ1v) is 4.86. The molecule has 0 N–H and O–H groups in total. The van der Waals surface area contributed by atoms with Gasteiger partial charge >= 0.3 is 6.18 Å². The summed E-state index contributed by atoms with van der Waals surface area (Å²) in [5, 5.41) is 8.58. The van der Waals surface area contributed by atoms with Crippen molar-refractivity contribution in [3.8, 4) is 11.8 Å². The fourth-order valence-corrected chi connectivity index (χ4v) is 1.39. The van der Waals surface area contributed by atoms with Crippen LogP contribution in [0.4, 0.5) is 13.2 Å². The van der Waals surface area contributed by atoms with E-state index >= 15 is 0 Å². The fraction of sp³-hybridized carbons (Fsp3) is 0.364. The van der Waals surface area contributed by atoms with E-state index in [1.165, 1.54) is 12.1 Å². The van der Waals surface area contributed by atoms with Crippen molar-refractivity contribution in [2.75, 3.05) is 13.2 Å². The van der Waals surface area contributed by atoms with Gasteiger partial charge in [0.25, 0.3) is 0 Å². The maximum absolute atomic E-state index is 12.7. The number of alkyl halides is 3. The summed E-state index contributed by atoms with van der Waals surface area (Å²) in [7, 11) is 0. The molecule has 0 unspecified atom stereocenters. The summed E-state index contributed by atoms with van der Waals surface area (Å²) < 4.78 is 48.1. The predicted molar refractivity (Wildman–Crippen MR) is 51.4 cm³/mol. The summed E-state index contributed by atoms with van der Waals surface area (Å²) in [5.41, 5.74) is -0.974. The normalized spacial score (nSPS) is 16.1. The number of benzene rings is 1. The third kappa shape index (κ3) is 2.50. The standard InChI is InChI=1S/C11H8F3NO2/c12-11(13,14)9-3-7(4-15)1-2-10(9)17-8-5-16-6-8/h1-3,8H,5-6H2. The van der Waals surface area contributed by atoms with Crippen LogP contribution in [0, 0.1) is 11.3 Å². The van der Waals surface area contributed by atoms with Gasteiger partial charge in [-0.15, -0.1) is 0 Å². The fourth-order valence-electron chi connectivity index (χ4n) is 1.39. The average Bonchev–Trinajstić information content (AvgIpc) is 2.22. The lowest BCUT2D eigenvalue weighted by atomic mass is 10.1. The van der Waals surface area contributed by atoms with E-state index in [2.05, 4.69) is 0 Å². The van der Waals surface area contributed by atoms with E-state index in [4.69, 9.17) is 14.7 Å². The largest absolute Gasteiger partial charge is 0.485 e. The molecule has 1 fully saturated rings. The lowest BCUT2D eigenvalue weighted by molar-refractivity contribution is -0.141. The van der Waals surface area contributed by atoms with Crippen LogP contribution >= 0.6 is 0 Å². The predicted octanol–water partition coefficient (Wildman–Crippen LogP) is 2.35. The summed E-state index contributed by atoms with van der Waals surface area (Å²) >= 11 is 0. The second-order valence-corrected chi connectivity index (χ2v) is 3.60. The number of ether oxygens (including phenoxy) is 2. The smallest absolute Gasteiger partial charge is 0.420 e. The van der Waals surface area contributed by atoms with Gasteiger partial charge in [0.1, 0.15) is 11.9 Å². The van der Waals surface area contributed by atoms with Crippen LogP contribution in [0.15, 0.2) is 18.2 Å². The van der Waals surface area contributed by atoms with E-state index in [1.807, 2.05) is 0 Å². The molecule has 1 heterocycles. The monoisotopic (exact) mass is 243 g/mol. The first-order chi connectivity index (χ1) is 8.00. The first-order valence-electron chi connectivity index (χ1n) is 4.86. The van der Waals surface area contributed by atoms with E-state index in [0.717, 1.165) is 6.07 Å². The molecule has 17 heavy (non-hydrogen) atoms.